The molecule has 186 valence electrons. The van der Waals surface area contributed by atoms with Crippen molar-refractivity contribution in [3.8, 4) is 0 Å². The van der Waals surface area contributed by atoms with E-state index in [1.54, 1.807) is 41.5 Å². The fraction of sp³-hybridized carbons (Fsp3) is 0.800. The third-order valence-electron chi connectivity index (χ3n) is 4.04. The first kappa shape index (κ1) is 30.5. The molecular weight excluding hydrogens is 559 g/mol. The Morgan fingerprint density at radius 3 is 2.00 bits per heavy atom. The highest BCUT2D eigenvalue weighted by atomic mass is 127. The molecule has 0 aliphatic carbocycles. The SMILES string of the molecule is CC(CNC(=O)OC(C)(C)CCC(CNC(=O)OC(C)(C)C)C(=O)OCCl)C(=O)OCI. The van der Waals surface area contributed by atoms with Gasteiger partial charge in [-0.25, -0.2) is 9.59 Å². The minimum Gasteiger partial charge on any atom is -0.455 e. The van der Waals surface area contributed by atoms with Crippen molar-refractivity contribution in [1.29, 1.82) is 0 Å². The summed E-state index contributed by atoms with van der Waals surface area (Å²) >= 11 is 7.39. The van der Waals surface area contributed by atoms with Gasteiger partial charge in [0.15, 0.2) is 6.07 Å². The maximum atomic E-state index is 12.2. The maximum Gasteiger partial charge on any atom is 0.407 e. The van der Waals surface area contributed by atoms with Crippen molar-refractivity contribution >= 4 is 58.3 Å². The molecule has 10 nitrogen and oxygen atoms in total. The molecule has 2 unspecified atom stereocenters. The number of rotatable bonds is 12. The quantitative estimate of drug-likeness (QED) is 0.152. The van der Waals surface area contributed by atoms with Crippen molar-refractivity contribution in [2.75, 3.05) is 23.8 Å². The van der Waals surface area contributed by atoms with E-state index < -0.39 is 47.2 Å². The minimum absolute atomic E-state index is 0.0245. The normalized spacial score (nSPS) is 13.4. The van der Waals surface area contributed by atoms with Gasteiger partial charge in [0.25, 0.3) is 0 Å². The summed E-state index contributed by atoms with van der Waals surface area (Å²) in [6, 6.07) is -0.317. The molecule has 0 aromatic heterocycles. The molecule has 0 radical (unpaired) electrons. The van der Waals surface area contributed by atoms with Crippen LogP contribution in [-0.2, 0) is 28.5 Å². The summed E-state index contributed by atoms with van der Waals surface area (Å²) in [4.78, 5) is 47.8. The molecule has 0 spiro atoms. The van der Waals surface area contributed by atoms with Crippen LogP contribution in [-0.4, -0.2) is 59.1 Å². The summed E-state index contributed by atoms with van der Waals surface area (Å²) < 4.78 is 20.5. The third-order valence-corrected chi connectivity index (χ3v) is 4.46. The van der Waals surface area contributed by atoms with Gasteiger partial charge in [-0.2, -0.15) is 0 Å². The lowest BCUT2D eigenvalue weighted by molar-refractivity contribution is -0.147. The predicted octanol–water partition coefficient (Wildman–Crippen LogP) is 3.72. The Hall–Kier alpha value is -1.50. The molecule has 2 amide bonds. The molecule has 0 bridgehead atoms. The molecule has 0 aromatic rings. The van der Waals surface area contributed by atoms with E-state index in [1.165, 1.54) is 0 Å². The molecule has 0 saturated heterocycles. The molecule has 2 atom stereocenters. The summed E-state index contributed by atoms with van der Waals surface area (Å²) in [6.45, 7) is 10.2. The Balaban J connectivity index is 4.74. The van der Waals surface area contributed by atoms with Crippen molar-refractivity contribution in [3.63, 3.8) is 0 Å². The summed E-state index contributed by atoms with van der Waals surface area (Å²) in [5, 5.41) is 5.06. The molecule has 0 rings (SSSR count). The highest BCUT2D eigenvalue weighted by molar-refractivity contribution is 14.1. The summed E-state index contributed by atoms with van der Waals surface area (Å²) in [5.74, 6) is -2.24. The van der Waals surface area contributed by atoms with Crippen molar-refractivity contribution < 1.29 is 38.1 Å². The second-order valence-electron chi connectivity index (χ2n) is 8.69. The van der Waals surface area contributed by atoms with Gasteiger partial charge in [-0.05, 0) is 70.1 Å². The lowest BCUT2D eigenvalue weighted by Gasteiger charge is -2.27. The monoisotopic (exact) mass is 592 g/mol. The Morgan fingerprint density at radius 2 is 1.47 bits per heavy atom. The first-order chi connectivity index (χ1) is 14.7. The zero-order valence-electron chi connectivity index (χ0n) is 19.4. The lowest BCUT2D eigenvalue weighted by atomic mass is 9.94. The highest BCUT2D eigenvalue weighted by Gasteiger charge is 2.29. The molecule has 12 heteroatoms. The molecule has 2 N–H and O–H groups in total. The second-order valence-corrected chi connectivity index (χ2v) is 9.54. The van der Waals surface area contributed by atoms with E-state index >= 15 is 0 Å². The van der Waals surface area contributed by atoms with Gasteiger partial charge >= 0.3 is 24.1 Å². The average Bonchev–Trinajstić information content (AvgIpc) is 2.64. The molecular formula is C20H34ClIN2O8. The van der Waals surface area contributed by atoms with Crippen LogP contribution in [0.15, 0.2) is 0 Å². The number of nitrogens with one attached hydrogen (secondary N) is 2. The van der Waals surface area contributed by atoms with E-state index in [-0.39, 0.29) is 30.2 Å². The number of alkyl carbamates (subject to hydrolysis) is 2. The van der Waals surface area contributed by atoms with Crippen LogP contribution in [0.3, 0.4) is 0 Å². The van der Waals surface area contributed by atoms with Crippen LogP contribution in [0.2, 0.25) is 0 Å². The molecule has 0 heterocycles. The fourth-order valence-corrected chi connectivity index (χ4v) is 2.79. The number of amides is 2. The molecule has 0 saturated carbocycles. The summed E-state index contributed by atoms with van der Waals surface area (Å²) in [5.41, 5.74) is -1.61. The zero-order valence-corrected chi connectivity index (χ0v) is 22.3. The molecule has 0 fully saturated rings. The fourth-order valence-electron chi connectivity index (χ4n) is 2.37. The van der Waals surface area contributed by atoms with E-state index in [2.05, 4.69) is 10.6 Å². The van der Waals surface area contributed by atoms with E-state index in [9.17, 15) is 19.2 Å². The van der Waals surface area contributed by atoms with Crippen LogP contribution in [0.4, 0.5) is 9.59 Å². The second kappa shape index (κ2) is 14.6. The van der Waals surface area contributed by atoms with Gasteiger partial charge in [0.05, 0.1) is 11.8 Å². The van der Waals surface area contributed by atoms with Gasteiger partial charge in [-0.1, -0.05) is 18.5 Å². The van der Waals surface area contributed by atoms with Crippen molar-refractivity contribution in [2.24, 2.45) is 11.8 Å². The van der Waals surface area contributed by atoms with Gasteiger partial charge in [0, 0.05) is 13.1 Å². The largest absolute Gasteiger partial charge is 0.455 e. The van der Waals surface area contributed by atoms with Gasteiger partial charge in [-0.3, -0.25) is 9.59 Å². The van der Waals surface area contributed by atoms with E-state index in [0.29, 0.717) is 6.42 Å². The lowest BCUT2D eigenvalue weighted by Crippen LogP contribution is -2.40. The Bertz CT molecular complexity index is 640. The van der Waals surface area contributed by atoms with Crippen molar-refractivity contribution in [3.05, 3.63) is 0 Å². The van der Waals surface area contributed by atoms with E-state index in [1.807, 2.05) is 22.6 Å². The minimum atomic E-state index is -0.929. The van der Waals surface area contributed by atoms with Gasteiger partial charge < -0.3 is 29.6 Å². The maximum absolute atomic E-state index is 12.2. The Labute approximate surface area is 207 Å². The van der Waals surface area contributed by atoms with E-state index in [0.717, 1.165) is 0 Å². The van der Waals surface area contributed by atoms with Crippen LogP contribution in [0.25, 0.3) is 0 Å². The first-order valence-corrected chi connectivity index (χ1v) is 12.2. The molecule has 0 aromatic carbocycles. The smallest absolute Gasteiger partial charge is 0.407 e. The standard InChI is InChI=1S/C20H34ClIN2O8/c1-13(15(25)30-12-22)9-23-18(28)32-20(5,6)8-7-14(16(26)29-11-21)10-24-17(27)31-19(2,3)4/h13-14H,7-12H2,1-6H3,(H,23,28)(H,24,27). The summed E-state index contributed by atoms with van der Waals surface area (Å²) in [7, 11) is 0. The van der Waals surface area contributed by atoms with Gasteiger partial charge in [-0.15, -0.1) is 0 Å². The van der Waals surface area contributed by atoms with Gasteiger partial charge in [0.2, 0.25) is 0 Å². The Morgan fingerprint density at radius 1 is 0.906 bits per heavy atom. The number of halogens is 2. The predicted molar refractivity (Wildman–Crippen MR) is 126 cm³/mol. The van der Waals surface area contributed by atoms with Crippen LogP contribution >= 0.6 is 34.2 Å². The molecule has 32 heavy (non-hydrogen) atoms. The first-order valence-electron chi connectivity index (χ1n) is 10.1. The average molecular weight is 593 g/mol. The topological polar surface area (TPSA) is 129 Å². The number of carbonyl (C=O) groups is 4. The highest BCUT2D eigenvalue weighted by Crippen LogP contribution is 2.21. The van der Waals surface area contributed by atoms with Gasteiger partial charge in [0.1, 0.15) is 15.8 Å². The Kier molecular flexibility index (Phi) is 13.9. The van der Waals surface area contributed by atoms with Crippen molar-refractivity contribution in [1.82, 2.24) is 10.6 Å². The van der Waals surface area contributed by atoms with Crippen molar-refractivity contribution in [2.45, 2.75) is 65.6 Å². The summed E-state index contributed by atoms with van der Waals surface area (Å²) in [6.07, 6.45) is -0.808. The molecule has 0 aliphatic rings. The molecule has 0 aliphatic heterocycles. The third kappa shape index (κ3) is 14.5. The number of alkyl halides is 2. The number of esters is 2. The van der Waals surface area contributed by atoms with Crippen LogP contribution in [0.1, 0.15) is 54.4 Å². The number of hydrogen-bond acceptors (Lipinski definition) is 8. The number of hydrogen-bond donors (Lipinski definition) is 2. The zero-order chi connectivity index (χ0) is 24.9. The van der Waals surface area contributed by atoms with Crippen LogP contribution in [0.5, 0.6) is 0 Å². The number of ether oxygens (including phenoxy) is 4. The number of carbonyl (C=O) groups excluding carboxylic acids is 4. The van der Waals surface area contributed by atoms with E-state index in [4.69, 9.17) is 30.5 Å². The van der Waals surface area contributed by atoms with Crippen LogP contribution < -0.4 is 10.6 Å². The van der Waals surface area contributed by atoms with Crippen LogP contribution in [0, 0.1) is 11.8 Å².